The van der Waals surface area contributed by atoms with Gasteiger partial charge >= 0.3 is 0 Å². The Kier molecular flexibility index (Phi) is 5.51. The highest BCUT2D eigenvalue weighted by molar-refractivity contribution is 5.99. The van der Waals surface area contributed by atoms with Crippen LogP contribution in [0.5, 0.6) is 17.2 Å². The van der Waals surface area contributed by atoms with Gasteiger partial charge in [-0.25, -0.2) is 0 Å². The van der Waals surface area contributed by atoms with Gasteiger partial charge in [0.2, 0.25) is 6.79 Å². The summed E-state index contributed by atoms with van der Waals surface area (Å²) in [6.45, 7) is 2.81. The predicted octanol–water partition coefficient (Wildman–Crippen LogP) is 5.18. The first-order valence-electron chi connectivity index (χ1n) is 11.9. The molecule has 0 radical (unpaired) electrons. The molecule has 3 aromatic carbocycles. The number of fused-ring (bicyclic) bond motifs is 4. The average Bonchev–Trinajstić information content (AvgIpc) is 3.52. The summed E-state index contributed by atoms with van der Waals surface area (Å²) < 4.78 is 16.6. The second-order valence-electron chi connectivity index (χ2n) is 8.77. The maximum Gasteiger partial charge on any atom is 0.231 e. The number of hydrogen-bond acceptors (Lipinski definition) is 5. The second kappa shape index (κ2) is 8.96. The maximum atomic E-state index is 13.3. The molecule has 6 rings (SSSR count). The topological polar surface area (TPSA) is 72.6 Å². The highest BCUT2D eigenvalue weighted by Gasteiger charge is 2.33. The lowest BCUT2D eigenvalue weighted by molar-refractivity contribution is -0.116. The Morgan fingerprint density at radius 2 is 1.89 bits per heavy atom. The van der Waals surface area contributed by atoms with Crippen molar-refractivity contribution < 1.29 is 19.0 Å². The van der Waals surface area contributed by atoms with Crippen LogP contribution in [0.1, 0.15) is 35.3 Å². The molecule has 0 bridgehead atoms. The van der Waals surface area contributed by atoms with Crippen molar-refractivity contribution in [1.29, 1.82) is 0 Å². The molecule has 2 N–H and O–H groups in total. The van der Waals surface area contributed by atoms with E-state index in [-0.39, 0.29) is 24.7 Å². The van der Waals surface area contributed by atoms with Gasteiger partial charge in [0.25, 0.3) is 0 Å². The molecule has 35 heavy (non-hydrogen) atoms. The minimum Gasteiger partial charge on any atom is -0.494 e. The lowest BCUT2D eigenvalue weighted by Gasteiger charge is -2.30. The Labute approximate surface area is 203 Å². The summed E-state index contributed by atoms with van der Waals surface area (Å²) in [6, 6.07) is 21.4. The van der Waals surface area contributed by atoms with E-state index in [1.165, 1.54) is 5.56 Å². The SMILES string of the molecule is CCOc1ccc(C=CC(=O)C2Cc3c([nH]c4ccccc34)C(c3ccc4c(c3)OCO4)N2)cc1. The van der Waals surface area contributed by atoms with Crippen LogP contribution in [0, 0.1) is 0 Å². The van der Waals surface area contributed by atoms with Crippen LogP contribution >= 0.6 is 0 Å². The van der Waals surface area contributed by atoms with Gasteiger partial charge in [0.1, 0.15) is 5.75 Å². The van der Waals surface area contributed by atoms with Crippen molar-refractivity contribution in [2.24, 2.45) is 0 Å². The molecule has 0 aliphatic carbocycles. The molecule has 3 heterocycles. The molecule has 1 aromatic heterocycles. The van der Waals surface area contributed by atoms with Crippen molar-refractivity contribution in [1.82, 2.24) is 10.3 Å². The van der Waals surface area contributed by atoms with E-state index in [9.17, 15) is 4.79 Å². The van der Waals surface area contributed by atoms with Gasteiger partial charge < -0.3 is 19.2 Å². The second-order valence-corrected chi connectivity index (χ2v) is 8.77. The highest BCUT2D eigenvalue weighted by atomic mass is 16.7. The number of carbonyl (C=O) groups excluding carboxylic acids is 1. The molecule has 0 spiro atoms. The largest absolute Gasteiger partial charge is 0.494 e. The maximum absolute atomic E-state index is 13.3. The van der Waals surface area contributed by atoms with E-state index in [2.05, 4.69) is 22.4 Å². The number of carbonyl (C=O) groups is 1. The Balaban J connectivity index is 1.32. The molecular formula is C29H26N2O4. The third-order valence-electron chi connectivity index (χ3n) is 6.62. The molecule has 2 unspecified atom stereocenters. The number of para-hydroxylation sites is 1. The summed E-state index contributed by atoms with van der Waals surface area (Å²) in [7, 11) is 0. The van der Waals surface area contributed by atoms with Crippen molar-refractivity contribution in [2.45, 2.75) is 25.4 Å². The van der Waals surface area contributed by atoms with E-state index in [1.54, 1.807) is 6.08 Å². The zero-order valence-electron chi connectivity index (χ0n) is 19.4. The fourth-order valence-corrected chi connectivity index (χ4v) is 4.91. The molecule has 0 amide bonds. The van der Waals surface area contributed by atoms with Gasteiger partial charge in [0, 0.05) is 16.6 Å². The monoisotopic (exact) mass is 466 g/mol. The van der Waals surface area contributed by atoms with Gasteiger partial charge in [0.05, 0.1) is 18.7 Å². The molecule has 2 aliphatic heterocycles. The van der Waals surface area contributed by atoms with E-state index in [0.29, 0.717) is 13.0 Å². The zero-order chi connectivity index (χ0) is 23.8. The Morgan fingerprint density at radius 1 is 1.06 bits per heavy atom. The van der Waals surface area contributed by atoms with Gasteiger partial charge in [-0.15, -0.1) is 0 Å². The van der Waals surface area contributed by atoms with Crippen LogP contribution in [0.15, 0.2) is 72.8 Å². The summed E-state index contributed by atoms with van der Waals surface area (Å²) >= 11 is 0. The van der Waals surface area contributed by atoms with E-state index in [1.807, 2.05) is 67.6 Å². The van der Waals surface area contributed by atoms with Crippen molar-refractivity contribution in [3.63, 3.8) is 0 Å². The molecule has 6 heteroatoms. The first-order chi connectivity index (χ1) is 17.2. The number of aromatic amines is 1. The van der Waals surface area contributed by atoms with Gasteiger partial charge in [-0.1, -0.05) is 42.5 Å². The molecule has 4 aromatic rings. The van der Waals surface area contributed by atoms with Crippen LogP contribution in [0.2, 0.25) is 0 Å². The Bertz CT molecular complexity index is 1420. The average molecular weight is 467 g/mol. The van der Waals surface area contributed by atoms with Crippen molar-refractivity contribution in [3.8, 4) is 17.2 Å². The van der Waals surface area contributed by atoms with Crippen LogP contribution in [0.3, 0.4) is 0 Å². The van der Waals surface area contributed by atoms with Gasteiger partial charge in [-0.3, -0.25) is 10.1 Å². The lowest BCUT2D eigenvalue weighted by atomic mass is 9.88. The Morgan fingerprint density at radius 3 is 2.74 bits per heavy atom. The molecule has 2 aliphatic rings. The summed E-state index contributed by atoms with van der Waals surface area (Å²) in [4.78, 5) is 16.9. The number of benzene rings is 3. The number of H-pyrrole nitrogens is 1. The number of ether oxygens (including phenoxy) is 3. The van der Waals surface area contributed by atoms with Gasteiger partial charge in [-0.05, 0) is 66.4 Å². The summed E-state index contributed by atoms with van der Waals surface area (Å²) in [6.07, 6.45) is 4.15. The first-order valence-corrected chi connectivity index (χ1v) is 11.9. The van der Waals surface area contributed by atoms with Crippen molar-refractivity contribution in [2.75, 3.05) is 13.4 Å². The highest BCUT2D eigenvalue weighted by Crippen LogP contribution is 2.39. The van der Waals surface area contributed by atoms with Crippen LogP contribution in [0.4, 0.5) is 0 Å². The standard InChI is InChI=1S/C29H26N2O4/c1-2-33-20-11-7-18(8-12-20)9-13-25(32)24-16-22-21-5-3-4-6-23(21)30-29(22)28(31-24)19-10-14-26-27(15-19)35-17-34-26/h3-15,24,28,30-31H,2,16-17H2,1H3. The zero-order valence-corrected chi connectivity index (χ0v) is 19.4. The predicted molar refractivity (Wildman–Crippen MR) is 135 cm³/mol. The molecule has 6 nitrogen and oxygen atoms in total. The molecular weight excluding hydrogens is 440 g/mol. The molecule has 2 atom stereocenters. The normalized spacial score (nSPS) is 18.7. The molecule has 0 fully saturated rings. The van der Waals surface area contributed by atoms with Crippen LogP contribution in [-0.4, -0.2) is 30.2 Å². The van der Waals surface area contributed by atoms with Crippen LogP contribution < -0.4 is 19.5 Å². The number of nitrogens with one attached hydrogen (secondary N) is 2. The fraction of sp³-hybridized carbons (Fsp3) is 0.207. The van der Waals surface area contributed by atoms with Crippen molar-refractivity contribution in [3.05, 3.63) is 95.2 Å². The van der Waals surface area contributed by atoms with E-state index < -0.39 is 0 Å². The third kappa shape index (κ3) is 4.06. The van der Waals surface area contributed by atoms with Crippen molar-refractivity contribution >= 4 is 22.8 Å². The van der Waals surface area contributed by atoms with E-state index >= 15 is 0 Å². The number of ketones is 1. The van der Waals surface area contributed by atoms with Gasteiger partial charge in [0.15, 0.2) is 17.3 Å². The summed E-state index contributed by atoms with van der Waals surface area (Å²) in [5, 5.41) is 4.75. The molecule has 0 saturated heterocycles. The number of aromatic nitrogens is 1. The third-order valence-corrected chi connectivity index (χ3v) is 6.62. The number of rotatable bonds is 6. The Hall–Kier alpha value is -4.03. The van der Waals surface area contributed by atoms with E-state index in [0.717, 1.165) is 45.0 Å². The summed E-state index contributed by atoms with van der Waals surface area (Å²) in [5.74, 6) is 2.34. The fourth-order valence-electron chi connectivity index (χ4n) is 4.91. The quantitative estimate of drug-likeness (QED) is 0.383. The molecule has 0 saturated carbocycles. The minimum absolute atomic E-state index is 0.0422. The van der Waals surface area contributed by atoms with Gasteiger partial charge in [-0.2, -0.15) is 0 Å². The van der Waals surface area contributed by atoms with Crippen LogP contribution in [-0.2, 0) is 11.2 Å². The minimum atomic E-state index is -0.351. The summed E-state index contributed by atoms with van der Waals surface area (Å²) in [5.41, 5.74) is 5.32. The first kappa shape index (κ1) is 21.5. The number of hydrogen-bond donors (Lipinski definition) is 2. The molecule has 176 valence electrons. The lowest BCUT2D eigenvalue weighted by Crippen LogP contribution is -2.44. The smallest absolute Gasteiger partial charge is 0.231 e. The van der Waals surface area contributed by atoms with E-state index in [4.69, 9.17) is 14.2 Å². The van der Waals surface area contributed by atoms with Crippen LogP contribution in [0.25, 0.3) is 17.0 Å².